The van der Waals surface area contributed by atoms with Gasteiger partial charge in [0.1, 0.15) is 5.82 Å². The SMILES string of the molecule is NS(=O)(=O)CCCCOc1cc(F)ccc1F. The fraction of sp³-hybridized carbons (Fsp3) is 0.400. The summed E-state index contributed by atoms with van der Waals surface area (Å²) >= 11 is 0. The Morgan fingerprint density at radius 3 is 2.59 bits per heavy atom. The summed E-state index contributed by atoms with van der Waals surface area (Å²) in [6.45, 7) is 0.107. The van der Waals surface area contributed by atoms with Gasteiger partial charge in [-0.15, -0.1) is 0 Å². The molecular formula is C10H13F2NO3S. The van der Waals surface area contributed by atoms with Crippen LogP contribution in [-0.2, 0) is 10.0 Å². The number of benzene rings is 1. The quantitative estimate of drug-likeness (QED) is 0.791. The van der Waals surface area contributed by atoms with E-state index in [2.05, 4.69) is 0 Å². The lowest BCUT2D eigenvalue weighted by atomic mass is 10.3. The first-order chi connectivity index (χ1) is 7.88. The fourth-order valence-corrected chi connectivity index (χ4v) is 1.78. The molecule has 1 aromatic rings. The largest absolute Gasteiger partial charge is 0.490 e. The first-order valence-corrected chi connectivity index (χ1v) is 6.68. The number of hydrogen-bond acceptors (Lipinski definition) is 3. The molecule has 0 spiro atoms. The first-order valence-electron chi connectivity index (χ1n) is 4.97. The summed E-state index contributed by atoms with van der Waals surface area (Å²) in [5.74, 6) is -1.58. The Morgan fingerprint density at radius 1 is 1.24 bits per heavy atom. The standard InChI is InChI=1S/C10H13F2NO3S/c11-8-3-4-9(12)10(7-8)16-5-1-2-6-17(13,14)15/h3-4,7H,1-2,5-6H2,(H2,13,14,15). The van der Waals surface area contributed by atoms with Gasteiger partial charge in [-0.25, -0.2) is 22.3 Å². The second-order valence-electron chi connectivity index (χ2n) is 3.50. The molecule has 0 aliphatic heterocycles. The summed E-state index contributed by atoms with van der Waals surface area (Å²) < 4.78 is 52.0. The van der Waals surface area contributed by atoms with Crippen molar-refractivity contribution in [2.45, 2.75) is 12.8 Å². The summed E-state index contributed by atoms with van der Waals surface area (Å²) in [5.41, 5.74) is 0. The summed E-state index contributed by atoms with van der Waals surface area (Å²) in [5, 5.41) is 4.79. The van der Waals surface area contributed by atoms with Gasteiger partial charge in [0.25, 0.3) is 0 Å². The van der Waals surface area contributed by atoms with Gasteiger partial charge in [0.2, 0.25) is 10.0 Å². The third kappa shape index (κ3) is 5.60. The van der Waals surface area contributed by atoms with Crippen LogP contribution in [0.3, 0.4) is 0 Å². The predicted molar refractivity (Wildman–Crippen MR) is 59.1 cm³/mol. The molecule has 0 atom stereocenters. The summed E-state index contributed by atoms with van der Waals surface area (Å²) in [7, 11) is -3.47. The molecule has 7 heteroatoms. The van der Waals surface area contributed by atoms with Crippen LogP contribution in [0.5, 0.6) is 5.75 Å². The second-order valence-corrected chi connectivity index (χ2v) is 5.23. The molecule has 4 nitrogen and oxygen atoms in total. The van der Waals surface area contributed by atoms with E-state index < -0.39 is 21.7 Å². The fourth-order valence-electron chi connectivity index (χ4n) is 1.18. The molecule has 2 N–H and O–H groups in total. The summed E-state index contributed by atoms with van der Waals surface area (Å²) in [4.78, 5) is 0. The van der Waals surface area contributed by atoms with Crippen molar-refractivity contribution in [1.82, 2.24) is 0 Å². The number of ether oxygens (including phenoxy) is 1. The van der Waals surface area contributed by atoms with Crippen molar-refractivity contribution in [2.75, 3.05) is 12.4 Å². The van der Waals surface area contributed by atoms with Crippen LogP contribution in [0.4, 0.5) is 8.78 Å². The molecule has 0 radical (unpaired) electrons. The molecule has 1 rings (SSSR count). The number of rotatable bonds is 6. The third-order valence-electron chi connectivity index (χ3n) is 1.97. The van der Waals surface area contributed by atoms with Crippen molar-refractivity contribution in [3.63, 3.8) is 0 Å². The predicted octanol–water partition coefficient (Wildman–Crippen LogP) is 1.41. The van der Waals surface area contributed by atoms with Gasteiger partial charge in [0.05, 0.1) is 12.4 Å². The van der Waals surface area contributed by atoms with Crippen molar-refractivity contribution in [1.29, 1.82) is 0 Å². The van der Waals surface area contributed by atoms with E-state index in [0.717, 1.165) is 18.2 Å². The molecule has 96 valence electrons. The van der Waals surface area contributed by atoms with E-state index in [-0.39, 0.29) is 18.1 Å². The van der Waals surface area contributed by atoms with E-state index in [4.69, 9.17) is 9.88 Å². The van der Waals surface area contributed by atoms with Gasteiger partial charge in [-0.1, -0.05) is 0 Å². The van der Waals surface area contributed by atoms with E-state index in [1.807, 2.05) is 0 Å². The number of unbranched alkanes of at least 4 members (excludes halogenated alkanes) is 1. The van der Waals surface area contributed by atoms with Crippen LogP contribution < -0.4 is 9.88 Å². The minimum absolute atomic E-state index is 0.107. The van der Waals surface area contributed by atoms with E-state index in [1.54, 1.807) is 0 Å². The van der Waals surface area contributed by atoms with E-state index in [0.29, 0.717) is 12.8 Å². The molecule has 0 bridgehead atoms. The van der Waals surface area contributed by atoms with Crippen LogP contribution in [-0.4, -0.2) is 20.8 Å². The molecule has 17 heavy (non-hydrogen) atoms. The first kappa shape index (κ1) is 13.9. The maximum absolute atomic E-state index is 13.1. The van der Waals surface area contributed by atoms with Crippen LogP contribution >= 0.6 is 0 Å². The van der Waals surface area contributed by atoms with Crippen LogP contribution in [0, 0.1) is 11.6 Å². The highest BCUT2D eigenvalue weighted by Gasteiger charge is 2.05. The second kappa shape index (κ2) is 5.92. The maximum Gasteiger partial charge on any atom is 0.209 e. The highest BCUT2D eigenvalue weighted by Crippen LogP contribution is 2.18. The molecule has 0 aliphatic carbocycles. The maximum atomic E-state index is 13.1. The number of primary sulfonamides is 1. The lowest BCUT2D eigenvalue weighted by Crippen LogP contribution is -2.16. The molecule has 0 amide bonds. The van der Waals surface area contributed by atoms with E-state index in [9.17, 15) is 17.2 Å². The molecule has 0 aliphatic rings. The normalized spacial score (nSPS) is 11.5. The Hall–Kier alpha value is -1.21. The molecule has 0 heterocycles. The molecule has 0 saturated carbocycles. The van der Waals surface area contributed by atoms with Crippen molar-refractivity contribution in [3.8, 4) is 5.75 Å². The van der Waals surface area contributed by atoms with Gasteiger partial charge in [-0.3, -0.25) is 0 Å². The zero-order chi connectivity index (χ0) is 12.9. The molecule has 1 aromatic carbocycles. The van der Waals surface area contributed by atoms with Gasteiger partial charge in [-0.05, 0) is 25.0 Å². The topological polar surface area (TPSA) is 69.4 Å². The average Bonchev–Trinajstić information content (AvgIpc) is 2.21. The molecule has 0 unspecified atom stereocenters. The Morgan fingerprint density at radius 2 is 1.94 bits per heavy atom. The smallest absolute Gasteiger partial charge is 0.209 e. The van der Waals surface area contributed by atoms with Gasteiger partial charge in [0, 0.05) is 6.07 Å². The van der Waals surface area contributed by atoms with Crippen molar-refractivity contribution < 1.29 is 21.9 Å². The highest BCUT2D eigenvalue weighted by atomic mass is 32.2. The Balaban J connectivity index is 2.34. The van der Waals surface area contributed by atoms with E-state index >= 15 is 0 Å². The van der Waals surface area contributed by atoms with Gasteiger partial charge in [-0.2, -0.15) is 0 Å². The minimum Gasteiger partial charge on any atom is -0.490 e. The lowest BCUT2D eigenvalue weighted by molar-refractivity contribution is 0.292. The Labute approximate surface area is 98.4 Å². The number of nitrogens with two attached hydrogens (primary N) is 1. The third-order valence-corrected chi connectivity index (χ3v) is 2.83. The van der Waals surface area contributed by atoms with Crippen LogP contribution in [0.25, 0.3) is 0 Å². The average molecular weight is 265 g/mol. The van der Waals surface area contributed by atoms with Gasteiger partial charge in [0.15, 0.2) is 11.6 Å². The monoisotopic (exact) mass is 265 g/mol. The van der Waals surface area contributed by atoms with Gasteiger partial charge < -0.3 is 4.74 Å². The molecule has 0 fully saturated rings. The Kier molecular flexibility index (Phi) is 4.83. The van der Waals surface area contributed by atoms with Crippen molar-refractivity contribution in [2.24, 2.45) is 5.14 Å². The van der Waals surface area contributed by atoms with E-state index in [1.165, 1.54) is 0 Å². The highest BCUT2D eigenvalue weighted by molar-refractivity contribution is 7.89. The van der Waals surface area contributed by atoms with Crippen molar-refractivity contribution >= 4 is 10.0 Å². The van der Waals surface area contributed by atoms with Crippen LogP contribution in [0.1, 0.15) is 12.8 Å². The zero-order valence-electron chi connectivity index (χ0n) is 9.03. The Bertz CT molecular complexity index is 476. The van der Waals surface area contributed by atoms with Crippen molar-refractivity contribution in [3.05, 3.63) is 29.8 Å². The summed E-state index contributed by atoms with van der Waals surface area (Å²) in [6.07, 6.45) is 0.710. The molecule has 0 saturated heterocycles. The summed E-state index contributed by atoms with van der Waals surface area (Å²) in [6, 6.07) is 2.90. The minimum atomic E-state index is -3.47. The lowest BCUT2D eigenvalue weighted by Gasteiger charge is -2.06. The van der Waals surface area contributed by atoms with Crippen LogP contribution in [0.15, 0.2) is 18.2 Å². The zero-order valence-corrected chi connectivity index (χ0v) is 9.84. The van der Waals surface area contributed by atoms with Gasteiger partial charge >= 0.3 is 0 Å². The number of halogens is 2. The molecule has 0 aromatic heterocycles. The number of sulfonamides is 1. The number of hydrogen-bond donors (Lipinski definition) is 1. The molecular weight excluding hydrogens is 252 g/mol. The van der Waals surface area contributed by atoms with Crippen LogP contribution in [0.2, 0.25) is 0 Å².